The molecule has 1 N–H and O–H groups in total. The molecule has 0 spiro atoms. The fourth-order valence-corrected chi connectivity index (χ4v) is 2.53. The molecule has 0 fully saturated rings. The number of hydrogen-bond acceptors (Lipinski definition) is 3. The van der Waals surface area contributed by atoms with Crippen molar-refractivity contribution in [2.24, 2.45) is 0 Å². The van der Waals surface area contributed by atoms with E-state index in [-0.39, 0.29) is 5.92 Å². The number of ether oxygens (including phenoxy) is 1. The van der Waals surface area contributed by atoms with Gasteiger partial charge in [0.05, 0.1) is 7.11 Å². The lowest BCUT2D eigenvalue weighted by Gasteiger charge is -2.22. The van der Waals surface area contributed by atoms with Gasteiger partial charge in [0.2, 0.25) is 0 Å². The second-order valence-electron chi connectivity index (χ2n) is 4.73. The van der Waals surface area contributed by atoms with Gasteiger partial charge in [-0.05, 0) is 11.6 Å². The van der Waals surface area contributed by atoms with Crippen LogP contribution < -0.4 is 0 Å². The zero-order chi connectivity index (χ0) is 14.8. The molecule has 0 saturated heterocycles. The Hall–Kier alpha value is -2.82. The number of aldehydes is 1. The summed E-state index contributed by atoms with van der Waals surface area (Å²) in [5.41, 5.74) is 2.53. The Morgan fingerprint density at radius 3 is 2.95 bits per heavy atom. The number of H-pyrrole nitrogens is 1. The third-order valence-electron chi connectivity index (χ3n) is 3.56. The minimum absolute atomic E-state index is 0.181. The van der Waals surface area contributed by atoms with E-state index < -0.39 is 6.09 Å². The van der Waals surface area contributed by atoms with Crippen LogP contribution >= 0.6 is 0 Å². The first-order chi connectivity index (χ1) is 10.2. The molecule has 0 saturated carbocycles. The molecular weight excluding hydrogens is 268 g/mol. The van der Waals surface area contributed by atoms with Crippen LogP contribution in [0.5, 0.6) is 0 Å². The van der Waals surface area contributed by atoms with Gasteiger partial charge in [-0.1, -0.05) is 24.3 Å². The fraction of sp³-hybridized carbons (Fsp3) is 0.125. The summed E-state index contributed by atoms with van der Waals surface area (Å²) in [6, 6.07) is 7.90. The second kappa shape index (κ2) is 5.28. The van der Waals surface area contributed by atoms with E-state index in [0.29, 0.717) is 5.57 Å². The van der Waals surface area contributed by atoms with Crippen molar-refractivity contribution in [3.05, 3.63) is 60.1 Å². The van der Waals surface area contributed by atoms with Crippen LogP contribution in [-0.4, -0.2) is 29.4 Å². The van der Waals surface area contributed by atoms with Gasteiger partial charge in [0.25, 0.3) is 0 Å². The summed E-state index contributed by atoms with van der Waals surface area (Å²) in [5, 5.41) is 1.06. The summed E-state index contributed by atoms with van der Waals surface area (Å²) < 4.78 is 4.65. The van der Waals surface area contributed by atoms with Gasteiger partial charge in [0, 0.05) is 41.0 Å². The van der Waals surface area contributed by atoms with Crippen LogP contribution in [0.4, 0.5) is 4.79 Å². The highest BCUT2D eigenvalue weighted by atomic mass is 16.5. The van der Waals surface area contributed by atoms with Crippen LogP contribution in [0.1, 0.15) is 11.5 Å². The molecule has 1 aliphatic rings. The monoisotopic (exact) mass is 282 g/mol. The van der Waals surface area contributed by atoms with Gasteiger partial charge in [-0.25, -0.2) is 4.79 Å². The molecule has 21 heavy (non-hydrogen) atoms. The predicted molar refractivity (Wildman–Crippen MR) is 78.6 cm³/mol. The number of methoxy groups -OCH3 is 1. The van der Waals surface area contributed by atoms with Crippen molar-refractivity contribution >= 4 is 23.3 Å². The summed E-state index contributed by atoms with van der Waals surface area (Å²) in [5.74, 6) is -0.181. The average Bonchev–Trinajstić information content (AvgIpc) is 2.97. The molecular formula is C16H14N2O3. The van der Waals surface area contributed by atoms with E-state index in [1.165, 1.54) is 18.2 Å². The highest BCUT2D eigenvalue weighted by Crippen LogP contribution is 2.33. The Morgan fingerprint density at radius 2 is 2.19 bits per heavy atom. The predicted octanol–water partition coefficient (Wildman–Crippen LogP) is 2.93. The van der Waals surface area contributed by atoms with E-state index in [9.17, 15) is 9.59 Å². The number of benzene rings is 1. The summed E-state index contributed by atoms with van der Waals surface area (Å²) in [6.45, 7) is 0. The number of rotatable bonds is 2. The molecule has 5 heteroatoms. The summed E-state index contributed by atoms with van der Waals surface area (Å²) >= 11 is 0. The topological polar surface area (TPSA) is 62.4 Å². The lowest BCUT2D eigenvalue weighted by Crippen LogP contribution is -2.24. The normalized spacial score (nSPS) is 17.7. The number of allylic oxidation sites excluding steroid dienone is 2. The van der Waals surface area contributed by atoms with Crippen LogP contribution in [-0.2, 0) is 9.53 Å². The van der Waals surface area contributed by atoms with Crippen molar-refractivity contribution in [1.82, 2.24) is 9.88 Å². The molecule has 0 radical (unpaired) electrons. The Kier molecular flexibility index (Phi) is 3.31. The van der Waals surface area contributed by atoms with Crippen molar-refractivity contribution in [2.75, 3.05) is 7.11 Å². The molecule has 2 heterocycles. The van der Waals surface area contributed by atoms with Crippen molar-refractivity contribution in [2.45, 2.75) is 5.92 Å². The first kappa shape index (κ1) is 13.2. The van der Waals surface area contributed by atoms with Gasteiger partial charge in [-0.3, -0.25) is 9.69 Å². The third-order valence-corrected chi connectivity index (χ3v) is 3.56. The highest BCUT2D eigenvalue weighted by molar-refractivity contribution is 5.88. The molecule has 1 aromatic heterocycles. The maximum absolute atomic E-state index is 11.5. The SMILES string of the molecule is COC(=O)N1C=C[C@H](c2c[nH]c3ccccc23)C(C=O)=C1. The molecule has 0 bridgehead atoms. The van der Waals surface area contributed by atoms with E-state index in [0.717, 1.165) is 22.8 Å². The molecule has 0 unspecified atom stereocenters. The van der Waals surface area contributed by atoms with Crippen molar-refractivity contribution in [3.8, 4) is 0 Å². The number of carbonyl (C=O) groups excluding carboxylic acids is 2. The van der Waals surface area contributed by atoms with Gasteiger partial charge in [0.1, 0.15) is 6.29 Å². The maximum Gasteiger partial charge on any atom is 0.417 e. The quantitative estimate of drug-likeness (QED) is 0.861. The molecule has 1 aromatic carbocycles. The van der Waals surface area contributed by atoms with Crippen LogP contribution in [0.15, 0.2) is 54.5 Å². The van der Waals surface area contributed by atoms with Crippen molar-refractivity contribution in [3.63, 3.8) is 0 Å². The van der Waals surface area contributed by atoms with Gasteiger partial charge in [0.15, 0.2) is 0 Å². The van der Waals surface area contributed by atoms with Crippen molar-refractivity contribution < 1.29 is 14.3 Å². The first-order valence-corrected chi connectivity index (χ1v) is 6.52. The summed E-state index contributed by atoms with van der Waals surface area (Å²) in [6.07, 6.45) is 7.08. The summed E-state index contributed by atoms with van der Waals surface area (Å²) in [7, 11) is 1.30. The van der Waals surface area contributed by atoms with E-state index in [1.807, 2.05) is 36.5 Å². The smallest absolute Gasteiger partial charge is 0.417 e. The largest absolute Gasteiger partial charge is 0.452 e. The highest BCUT2D eigenvalue weighted by Gasteiger charge is 2.23. The number of amides is 1. The van der Waals surface area contributed by atoms with Crippen molar-refractivity contribution in [1.29, 1.82) is 0 Å². The second-order valence-corrected chi connectivity index (χ2v) is 4.73. The van der Waals surface area contributed by atoms with Crippen LogP contribution in [0, 0.1) is 0 Å². The van der Waals surface area contributed by atoms with Crippen LogP contribution in [0.3, 0.4) is 0 Å². The number of nitrogens with zero attached hydrogens (tertiary/aromatic N) is 1. The van der Waals surface area contributed by atoms with E-state index >= 15 is 0 Å². The van der Waals surface area contributed by atoms with E-state index in [4.69, 9.17) is 0 Å². The van der Waals surface area contributed by atoms with Gasteiger partial charge in [-0.15, -0.1) is 0 Å². The lowest BCUT2D eigenvalue weighted by atomic mass is 9.90. The fourth-order valence-electron chi connectivity index (χ4n) is 2.53. The number of aromatic amines is 1. The molecule has 2 aromatic rings. The molecule has 5 nitrogen and oxygen atoms in total. The number of aromatic nitrogens is 1. The third kappa shape index (κ3) is 2.23. The Balaban J connectivity index is 2.02. The zero-order valence-electron chi connectivity index (χ0n) is 11.4. The Labute approximate surface area is 121 Å². The summed E-state index contributed by atoms with van der Waals surface area (Å²) in [4.78, 5) is 27.3. The van der Waals surface area contributed by atoms with Gasteiger partial charge in [-0.2, -0.15) is 0 Å². The Morgan fingerprint density at radius 1 is 1.38 bits per heavy atom. The molecule has 0 aliphatic carbocycles. The maximum atomic E-state index is 11.5. The van der Waals surface area contributed by atoms with E-state index in [1.54, 1.807) is 6.20 Å². The van der Waals surface area contributed by atoms with Gasteiger partial charge < -0.3 is 9.72 Å². The molecule has 1 atom stereocenters. The standard InChI is InChI=1S/C16H14N2O3/c1-21-16(20)18-7-6-12(11(9-18)10-19)14-8-17-15-5-3-2-4-13(14)15/h2-10,12,17H,1H3/t12-/m0/s1. The minimum Gasteiger partial charge on any atom is -0.452 e. The van der Waals surface area contributed by atoms with Gasteiger partial charge >= 0.3 is 6.09 Å². The minimum atomic E-state index is -0.525. The molecule has 1 aliphatic heterocycles. The molecule has 3 rings (SSSR count). The number of para-hydroxylation sites is 1. The van der Waals surface area contributed by atoms with Crippen LogP contribution in [0.2, 0.25) is 0 Å². The number of hydrogen-bond donors (Lipinski definition) is 1. The molecule has 1 amide bonds. The molecule has 106 valence electrons. The van der Waals surface area contributed by atoms with Crippen LogP contribution in [0.25, 0.3) is 10.9 Å². The zero-order valence-corrected chi connectivity index (χ0v) is 11.4. The Bertz CT molecular complexity index is 758. The number of carbonyl (C=O) groups is 2. The average molecular weight is 282 g/mol. The van der Waals surface area contributed by atoms with E-state index in [2.05, 4.69) is 9.72 Å². The lowest BCUT2D eigenvalue weighted by molar-refractivity contribution is -0.105. The number of fused-ring (bicyclic) bond motifs is 1. The first-order valence-electron chi connectivity index (χ1n) is 6.52. The number of nitrogens with one attached hydrogen (secondary N) is 1.